The Balaban J connectivity index is 1.75. The second-order valence-corrected chi connectivity index (χ2v) is 7.03. The summed E-state index contributed by atoms with van der Waals surface area (Å²) in [6, 6.07) is 7.64. The number of hydrogen-bond acceptors (Lipinski definition) is 5. The fraction of sp³-hybridized carbons (Fsp3) is 0.474. The van der Waals surface area contributed by atoms with E-state index in [9.17, 15) is 0 Å². The normalized spacial score (nSPS) is 11.3. The minimum atomic E-state index is 0.632. The molecule has 0 saturated heterocycles. The van der Waals surface area contributed by atoms with E-state index in [1.807, 2.05) is 38.1 Å². The molecule has 2 N–H and O–H groups in total. The number of methoxy groups -OCH3 is 1. The van der Waals surface area contributed by atoms with E-state index in [1.165, 1.54) is 4.88 Å². The quantitative estimate of drug-likeness (QED) is 0.399. The van der Waals surface area contributed by atoms with Gasteiger partial charge in [0.1, 0.15) is 11.5 Å². The van der Waals surface area contributed by atoms with Crippen molar-refractivity contribution >= 4 is 17.3 Å². The van der Waals surface area contributed by atoms with Crippen LogP contribution in [0.3, 0.4) is 0 Å². The highest BCUT2D eigenvalue weighted by atomic mass is 32.1. The summed E-state index contributed by atoms with van der Waals surface area (Å²) in [5, 5.41) is 7.70. The van der Waals surface area contributed by atoms with E-state index in [0.29, 0.717) is 13.2 Å². The monoisotopic (exact) mass is 376 g/mol. The molecule has 0 aliphatic heterocycles. The van der Waals surface area contributed by atoms with Gasteiger partial charge in [0.15, 0.2) is 5.96 Å². The average molecular weight is 377 g/mol. The second kappa shape index (κ2) is 10.7. The summed E-state index contributed by atoms with van der Waals surface area (Å²) in [4.78, 5) is 10.3. The van der Waals surface area contributed by atoms with Crippen LogP contribution in [0.1, 0.15) is 28.9 Å². The van der Waals surface area contributed by atoms with E-state index >= 15 is 0 Å². The third-order valence-corrected chi connectivity index (χ3v) is 4.71. The maximum atomic E-state index is 5.75. The standard InChI is InChI=1S/C19H28N4O2S/c1-5-20-19(22-13-18-14(2)23-15(3)26-18)21-10-7-11-25-17-9-6-8-16(12-17)24-4/h6,8-9,12H,5,7,10-11,13H2,1-4H3,(H2,20,21,22). The number of hydrogen-bond donors (Lipinski definition) is 2. The number of aryl methyl sites for hydroxylation is 2. The molecule has 0 aliphatic rings. The fourth-order valence-electron chi connectivity index (χ4n) is 2.37. The van der Waals surface area contributed by atoms with Crippen LogP contribution in [0.15, 0.2) is 29.3 Å². The smallest absolute Gasteiger partial charge is 0.191 e. The van der Waals surface area contributed by atoms with E-state index in [2.05, 4.69) is 27.5 Å². The molecular weight excluding hydrogens is 348 g/mol. The van der Waals surface area contributed by atoms with Crippen molar-refractivity contribution in [3.63, 3.8) is 0 Å². The van der Waals surface area contributed by atoms with Gasteiger partial charge in [-0.15, -0.1) is 11.3 Å². The van der Waals surface area contributed by atoms with Gasteiger partial charge in [-0.05, 0) is 39.3 Å². The van der Waals surface area contributed by atoms with Gasteiger partial charge in [0, 0.05) is 24.0 Å². The Bertz CT molecular complexity index is 715. The topological polar surface area (TPSA) is 67.8 Å². The molecule has 0 unspecified atom stereocenters. The van der Waals surface area contributed by atoms with Crippen molar-refractivity contribution in [2.45, 2.75) is 33.7 Å². The fourth-order valence-corrected chi connectivity index (χ4v) is 3.23. The molecule has 26 heavy (non-hydrogen) atoms. The zero-order valence-electron chi connectivity index (χ0n) is 16.0. The van der Waals surface area contributed by atoms with Crippen molar-refractivity contribution < 1.29 is 9.47 Å². The van der Waals surface area contributed by atoms with Gasteiger partial charge < -0.3 is 20.1 Å². The largest absolute Gasteiger partial charge is 0.497 e. The maximum Gasteiger partial charge on any atom is 0.191 e. The molecule has 1 heterocycles. The molecule has 0 amide bonds. The van der Waals surface area contributed by atoms with Gasteiger partial charge in [-0.25, -0.2) is 9.98 Å². The number of nitrogens with zero attached hydrogens (tertiary/aromatic N) is 2. The Kier molecular flexibility index (Phi) is 8.21. The van der Waals surface area contributed by atoms with E-state index in [-0.39, 0.29) is 0 Å². The average Bonchev–Trinajstić information content (AvgIpc) is 2.96. The molecule has 0 fully saturated rings. The molecule has 0 atom stereocenters. The molecular formula is C19H28N4O2S. The lowest BCUT2D eigenvalue weighted by molar-refractivity contribution is 0.308. The molecule has 2 rings (SSSR count). The summed E-state index contributed by atoms with van der Waals surface area (Å²) in [6.45, 7) is 9.01. The first-order chi connectivity index (χ1) is 12.6. The van der Waals surface area contributed by atoms with Gasteiger partial charge >= 0.3 is 0 Å². The van der Waals surface area contributed by atoms with E-state index in [1.54, 1.807) is 18.4 Å². The lowest BCUT2D eigenvalue weighted by Gasteiger charge is -2.12. The van der Waals surface area contributed by atoms with Gasteiger partial charge in [-0.2, -0.15) is 0 Å². The highest BCUT2D eigenvalue weighted by molar-refractivity contribution is 7.11. The van der Waals surface area contributed by atoms with Crippen LogP contribution in [-0.2, 0) is 6.54 Å². The number of ether oxygens (including phenoxy) is 2. The molecule has 1 aromatic carbocycles. The van der Waals surface area contributed by atoms with Gasteiger partial charge in [-0.1, -0.05) is 6.07 Å². The third-order valence-electron chi connectivity index (χ3n) is 3.65. The van der Waals surface area contributed by atoms with Crippen LogP contribution in [0.4, 0.5) is 0 Å². The predicted octanol–water partition coefficient (Wildman–Crippen LogP) is 3.29. The summed E-state index contributed by atoms with van der Waals surface area (Å²) in [7, 11) is 1.65. The van der Waals surface area contributed by atoms with Crippen molar-refractivity contribution in [2.75, 3.05) is 26.8 Å². The summed E-state index contributed by atoms with van der Waals surface area (Å²) in [5.41, 5.74) is 1.07. The molecule has 6 nitrogen and oxygen atoms in total. The molecule has 0 spiro atoms. The van der Waals surface area contributed by atoms with Crippen LogP contribution in [0.2, 0.25) is 0 Å². The summed E-state index contributed by atoms with van der Waals surface area (Å²) < 4.78 is 10.9. The molecule has 0 aliphatic carbocycles. The van der Waals surface area contributed by atoms with Crippen LogP contribution in [0.5, 0.6) is 11.5 Å². The highest BCUT2D eigenvalue weighted by Crippen LogP contribution is 2.19. The van der Waals surface area contributed by atoms with Crippen LogP contribution < -0.4 is 20.1 Å². The van der Waals surface area contributed by atoms with Crippen LogP contribution in [-0.4, -0.2) is 37.7 Å². The summed E-state index contributed by atoms with van der Waals surface area (Å²) in [6.07, 6.45) is 0.875. The van der Waals surface area contributed by atoms with Crippen LogP contribution in [0, 0.1) is 13.8 Å². The zero-order valence-corrected chi connectivity index (χ0v) is 16.8. The number of benzene rings is 1. The number of aromatic nitrogens is 1. The highest BCUT2D eigenvalue weighted by Gasteiger charge is 2.05. The molecule has 0 radical (unpaired) electrons. The number of thiazole rings is 1. The summed E-state index contributed by atoms with van der Waals surface area (Å²) in [5.74, 6) is 2.44. The Morgan fingerprint density at radius 1 is 1.23 bits per heavy atom. The van der Waals surface area contributed by atoms with Crippen molar-refractivity contribution in [1.82, 2.24) is 15.6 Å². The Morgan fingerprint density at radius 2 is 2.04 bits per heavy atom. The van der Waals surface area contributed by atoms with E-state index in [4.69, 9.17) is 9.47 Å². The lowest BCUT2D eigenvalue weighted by Crippen LogP contribution is -2.38. The molecule has 7 heteroatoms. The number of rotatable bonds is 9. The summed E-state index contributed by atoms with van der Waals surface area (Å²) >= 11 is 1.70. The van der Waals surface area contributed by atoms with Crippen LogP contribution in [0.25, 0.3) is 0 Å². The minimum absolute atomic E-state index is 0.632. The Hall–Kier alpha value is -2.28. The number of aliphatic imine (C=N–C) groups is 1. The van der Waals surface area contributed by atoms with Gasteiger partial charge in [0.05, 0.1) is 31.0 Å². The predicted molar refractivity (Wildman–Crippen MR) is 108 cm³/mol. The molecule has 2 aromatic rings. The zero-order chi connectivity index (χ0) is 18.8. The molecule has 1 aromatic heterocycles. The van der Waals surface area contributed by atoms with Crippen LogP contribution >= 0.6 is 11.3 Å². The first-order valence-electron chi connectivity index (χ1n) is 8.84. The molecule has 142 valence electrons. The van der Waals surface area contributed by atoms with Crippen molar-refractivity contribution in [3.05, 3.63) is 39.8 Å². The van der Waals surface area contributed by atoms with Gasteiger partial charge in [-0.3, -0.25) is 0 Å². The minimum Gasteiger partial charge on any atom is -0.497 e. The van der Waals surface area contributed by atoms with Crippen molar-refractivity contribution in [3.8, 4) is 11.5 Å². The number of nitrogens with one attached hydrogen (secondary N) is 2. The number of guanidine groups is 1. The van der Waals surface area contributed by atoms with Crippen molar-refractivity contribution in [1.29, 1.82) is 0 Å². The van der Waals surface area contributed by atoms with Gasteiger partial charge in [0.25, 0.3) is 0 Å². The molecule has 0 bridgehead atoms. The maximum absolute atomic E-state index is 5.75. The third kappa shape index (κ3) is 6.55. The SMILES string of the molecule is CCNC(=NCc1sc(C)nc1C)NCCCOc1cccc(OC)c1. The van der Waals surface area contributed by atoms with Crippen molar-refractivity contribution in [2.24, 2.45) is 4.99 Å². The van der Waals surface area contributed by atoms with E-state index in [0.717, 1.165) is 47.7 Å². The van der Waals surface area contributed by atoms with E-state index < -0.39 is 0 Å². The Labute approximate surface area is 159 Å². The molecule has 0 saturated carbocycles. The van der Waals surface area contributed by atoms with Gasteiger partial charge in [0.2, 0.25) is 0 Å². The lowest BCUT2D eigenvalue weighted by atomic mass is 10.3. The Morgan fingerprint density at radius 3 is 2.73 bits per heavy atom. The first kappa shape index (κ1) is 20.0. The second-order valence-electron chi connectivity index (χ2n) is 5.74. The first-order valence-corrected chi connectivity index (χ1v) is 9.66.